The van der Waals surface area contributed by atoms with E-state index in [9.17, 15) is 0 Å². The van der Waals surface area contributed by atoms with Gasteiger partial charge in [-0.25, -0.2) is 15.0 Å². The fourth-order valence-electron chi connectivity index (χ4n) is 2.10. The first-order valence-electron chi connectivity index (χ1n) is 6.75. The summed E-state index contributed by atoms with van der Waals surface area (Å²) in [6, 6.07) is 0.152. The summed E-state index contributed by atoms with van der Waals surface area (Å²) in [5.41, 5.74) is 7.91. The van der Waals surface area contributed by atoms with E-state index in [1.54, 1.807) is 11.3 Å². The van der Waals surface area contributed by atoms with E-state index in [0.717, 1.165) is 34.3 Å². The number of thiazole rings is 1. The Morgan fingerprint density at radius 1 is 1.20 bits per heavy atom. The number of aromatic nitrogens is 3. The molecule has 0 saturated heterocycles. The summed E-state index contributed by atoms with van der Waals surface area (Å²) in [6.45, 7) is 10.1. The van der Waals surface area contributed by atoms with Gasteiger partial charge in [0.15, 0.2) is 0 Å². The molecular formula is C14H21N5S. The molecule has 2 aromatic heterocycles. The number of nitrogens with one attached hydrogen (secondary N) is 1. The van der Waals surface area contributed by atoms with Crippen LogP contribution in [0, 0.1) is 20.8 Å². The van der Waals surface area contributed by atoms with E-state index in [-0.39, 0.29) is 6.04 Å². The molecule has 0 aliphatic carbocycles. The number of rotatable bonds is 4. The summed E-state index contributed by atoms with van der Waals surface area (Å²) in [5.74, 6) is 2.12. The lowest BCUT2D eigenvalue weighted by Crippen LogP contribution is -2.12. The van der Waals surface area contributed by atoms with Gasteiger partial charge in [-0.3, -0.25) is 0 Å². The standard InChI is InChI=1S/C14H21N5S/c1-6-11-18-13(15)7(2)14(19-11)17-9(4)12-8(3)16-10(5)20-12/h9H,6H2,1-5H3,(H3,15,17,18,19). The SMILES string of the molecule is CCc1nc(N)c(C)c(NC(C)c2sc(C)nc2C)n1. The maximum atomic E-state index is 5.94. The Balaban J connectivity index is 2.29. The molecule has 0 amide bonds. The lowest BCUT2D eigenvalue weighted by Gasteiger charge is -2.16. The van der Waals surface area contributed by atoms with Crippen LogP contribution >= 0.6 is 11.3 Å². The summed E-state index contributed by atoms with van der Waals surface area (Å²) in [5, 5.41) is 4.52. The molecule has 0 saturated carbocycles. The van der Waals surface area contributed by atoms with Crippen LogP contribution in [0.5, 0.6) is 0 Å². The third kappa shape index (κ3) is 2.90. The molecule has 2 aromatic rings. The molecule has 5 nitrogen and oxygen atoms in total. The van der Waals surface area contributed by atoms with Crippen LogP contribution in [0.2, 0.25) is 0 Å². The van der Waals surface area contributed by atoms with Gasteiger partial charge in [-0.05, 0) is 27.7 Å². The number of nitrogens with zero attached hydrogens (tertiary/aromatic N) is 3. The van der Waals surface area contributed by atoms with Gasteiger partial charge in [-0.1, -0.05) is 6.92 Å². The topological polar surface area (TPSA) is 76.7 Å². The molecule has 0 aromatic carbocycles. The van der Waals surface area contributed by atoms with E-state index < -0.39 is 0 Å². The number of hydrogen-bond acceptors (Lipinski definition) is 6. The first-order valence-corrected chi connectivity index (χ1v) is 7.57. The van der Waals surface area contributed by atoms with E-state index in [1.165, 1.54) is 4.88 Å². The van der Waals surface area contributed by atoms with Crippen molar-refractivity contribution in [3.8, 4) is 0 Å². The van der Waals surface area contributed by atoms with Crippen LogP contribution in [0.1, 0.15) is 46.9 Å². The number of nitrogens with two attached hydrogens (primary N) is 1. The number of anilines is 2. The fraction of sp³-hybridized carbons (Fsp3) is 0.500. The van der Waals surface area contributed by atoms with Crippen LogP contribution in [-0.2, 0) is 6.42 Å². The van der Waals surface area contributed by atoms with Gasteiger partial charge in [0.1, 0.15) is 17.5 Å². The predicted octanol–water partition coefficient (Wildman–Crippen LogP) is 3.18. The largest absolute Gasteiger partial charge is 0.383 e. The van der Waals surface area contributed by atoms with Gasteiger partial charge in [0, 0.05) is 16.9 Å². The number of nitrogen functional groups attached to an aromatic ring is 1. The second kappa shape index (κ2) is 5.75. The molecule has 0 spiro atoms. The predicted molar refractivity (Wildman–Crippen MR) is 84.2 cm³/mol. The van der Waals surface area contributed by atoms with Crippen molar-refractivity contribution in [2.24, 2.45) is 0 Å². The third-order valence-corrected chi connectivity index (χ3v) is 4.49. The smallest absolute Gasteiger partial charge is 0.135 e. The van der Waals surface area contributed by atoms with E-state index in [4.69, 9.17) is 5.73 Å². The van der Waals surface area contributed by atoms with Crippen molar-refractivity contribution in [3.63, 3.8) is 0 Å². The zero-order valence-corrected chi connectivity index (χ0v) is 13.4. The molecule has 2 rings (SSSR count). The van der Waals surface area contributed by atoms with Gasteiger partial charge in [-0.15, -0.1) is 11.3 Å². The van der Waals surface area contributed by atoms with Crippen molar-refractivity contribution >= 4 is 23.0 Å². The average molecular weight is 291 g/mol. The van der Waals surface area contributed by atoms with Crippen LogP contribution in [0.25, 0.3) is 0 Å². The Bertz CT molecular complexity index is 620. The number of hydrogen-bond donors (Lipinski definition) is 2. The highest BCUT2D eigenvalue weighted by Crippen LogP contribution is 2.28. The van der Waals surface area contributed by atoms with E-state index in [0.29, 0.717) is 5.82 Å². The Morgan fingerprint density at radius 3 is 2.45 bits per heavy atom. The van der Waals surface area contributed by atoms with Crippen molar-refractivity contribution in [1.82, 2.24) is 15.0 Å². The Hall–Kier alpha value is -1.69. The fourth-order valence-corrected chi connectivity index (χ4v) is 3.03. The normalized spacial score (nSPS) is 12.4. The lowest BCUT2D eigenvalue weighted by atomic mass is 10.2. The van der Waals surface area contributed by atoms with Gasteiger partial charge in [0.05, 0.1) is 16.7 Å². The zero-order valence-electron chi connectivity index (χ0n) is 12.6. The minimum atomic E-state index is 0.152. The molecule has 0 aliphatic heterocycles. The first kappa shape index (κ1) is 14.7. The molecule has 0 aliphatic rings. The van der Waals surface area contributed by atoms with Crippen LogP contribution < -0.4 is 11.1 Å². The maximum absolute atomic E-state index is 5.94. The molecule has 3 N–H and O–H groups in total. The second-order valence-electron chi connectivity index (χ2n) is 4.90. The Labute approximate surface area is 123 Å². The van der Waals surface area contributed by atoms with Gasteiger partial charge in [-0.2, -0.15) is 0 Å². The molecule has 6 heteroatoms. The first-order chi connectivity index (χ1) is 9.42. The van der Waals surface area contributed by atoms with Crippen molar-refractivity contribution in [2.45, 2.75) is 47.1 Å². The van der Waals surface area contributed by atoms with Crippen LogP contribution in [0.4, 0.5) is 11.6 Å². The van der Waals surface area contributed by atoms with E-state index in [1.807, 2.05) is 27.7 Å². The van der Waals surface area contributed by atoms with Crippen molar-refractivity contribution in [2.75, 3.05) is 11.1 Å². The van der Waals surface area contributed by atoms with Crippen LogP contribution in [-0.4, -0.2) is 15.0 Å². The molecular weight excluding hydrogens is 270 g/mol. The molecule has 0 radical (unpaired) electrons. The Morgan fingerprint density at radius 2 is 1.90 bits per heavy atom. The Kier molecular flexibility index (Phi) is 4.23. The van der Waals surface area contributed by atoms with E-state index in [2.05, 4.69) is 27.2 Å². The number of aryl methyl sites for hydroxylation is 3. The average Bonchev–Trinajstić information content (AvgIpc) is 2.73. The van der Waals surface area contributed by atoms with Crippen molar-refractivity contribution in [1.29, 1.82) is 0 Å². The molecule has 108 valence electrons. The highest BCUT2D eigenvalue weighted by Gasteiger charge is 2.16. The molecule has 0 bridgehead atoms. The van der Waals surface area contributed by atoms with Gasteiger partial charge < -0.3 is 11.1 Å². The monoisotopic (exact) mass is 291 g/mol. The molecule has 2 heterocycles. The highest BCUT2D eigenvalue weighted by atomic mass is 32.1. The maximum Gasteiger partial charge on any atom is 0.135 e. The van der Waals surface area contributed by atoms with Gasteiger partial charge in [0.25, 0.3) is 0 Å². The van der Waals surface area contributed by atoms with E-state index >= 15 is 0 Å². The minimum absolute atomic E-state index is 0.152. The minimum Gasteiger partial charge on any atom is -0.383 e. The second-order valence-corrected chi connectivity index (χ2v) is 6.14. The highest BCUT2D eigenvalue weighted by molar-refractivity contribution is 7.11. The molecule has 1 unspecified atom stereocenters. The summed E-state index contributed by atoms with van der Waals surface area (Å²) in [7, 11) is 0. The molecule has 20 heavy (non-hydrogen) atoms. The summed E-state index contributed by atoms with van der Waals surface area (Å²) in [4.78, 5) is 14.5. The summed E-state index contributed by atoms with van der Waals surface area (Å²) < 4.78 is 0. The van der Waals surface area contributed by atoms with Crippen LogP contribution in [0.3, 0.4) is 0 Å². The summed E-state index contributed by atoms with van der Waals surface area (Å²) >= 11 is 1.71. The zero-order chi connectivity index (χ0) is 14.9. The molecule has 0 fully saturated rings. The molecule has 1 atom stereocenters. The third-order valence-electron chi connectivity index (χ3n) is 3.23. The van der Waals surface area contributed by atoms with Crippen LogP contribution in [0.15, 0.2) is 0 Å². The van der Waals surface area contributed by atoms with Crippen molar-refractivity contribution < 1.29 is 0 Å². The summed E-state index contributed by atoms with van der Waals surface area (Å²) in [6.07, 6.45) is 0.770. The quantitative estimate of drug-likeness (QED) is 0.904. The lowest BCUT2D eigenvalue weighted by molar-refractivity contribution is 0.857. The van der Waals surface area contributed by atoms with Gasteiger partial charge in [0.2, 0.25) is 0 Å². The van der Waals surface area contributed by atoms with Gasteiger partial charge >= 0.3 is 0 Å². The van der Waals surface area contributed by atoms with Crippen molar-refractivity contribution in [3.05, 3.63) is 27.0 Å².